The molecule has 0 saturated heterocycles. The van der Waals surface area contributed by atoms with Crippen LogP contribution in [-0.2, 0) is 11.2 Å². The lowest BCUT2D eigenvalue weighted by Crippen LogP contribution is -2.09. The highest BCUT2D eigenvalue weighted by molar-refractivity contribution is 5.56. The molecule has 0 amide bonds. The quantitative estimate of drug-likeness (QED) is 0.678. The van der Waals surface area contributed by atoms with Crippen molar-refractivity contribution in [2.75, 3.05) is 37.9 Å². The second kappa shape index (κ2) is 7.84. The molecule has 0 aliphatic heterocycles. The zero-order chi connectivity index (χ0) is 12.5. The molecule has 1 aromatic heterocycles. The lowest BCUT2D eigenvalue weighted by atomic mass is 10.2. The molecule has 17 heavy (non-hydrogen) atoms. The summed E-state index contributed by atoms with van der Waals surface area (Å²) in [5.41, 5.74) is 1.14. The first-order valence-corrected chi connectivity index (χ1v) is 6.07. The number of ether oxygens (including phenoxy) is 1. The van der Waals surface area contributed by atoms with E-state index in [4.69, 9.17) is 4.74 Å². The highest BCUT2D eigenvalue weighted by atomic mass is 16.5. The molecule has 0 fully saturated rings. The average molecular weight is 238 g/mol. The van der Waals surface area contributed by atoms with Crippen molar-refractivity contribution >= 4 is 11.6 Å². The van der Waals surface area contributed by atoms with Crippen LogP contribution in [0.2, 0.25) is 0 Å². The summed E-state index contributed by atoms with van der Waals surface area (Å²) >= 11 is 0. The second-order valence-corrected chi connectivity index (χ2v) is 3.78. The third-order valence-electron chi connectivity index (χ3n) is 2.60. The summed E-state index contributed by atoms with van der Waals surface area (Å²) in [4.78, 5) is 8.49. The summed E-state index contributed by atoms with van der Waals surface area (Å²) in [6.07, 6.45) is 4.64. The molecule has 2 N–H and O–H groups in total. The Morgan fingerprint density at radius 2 is 2.00 bits per heavy atom. The van der Waals surface area contributed by atoms with Crippen LogP contribution in [0.5, 0.6) is 0 Å². The molecule has 1 aromatic rings. The van der Waals surface area contributed by atoms with E-state index in [9.17, 15) is 0 Å². The third-order valence-corrected chi connectivity index (χ3v) is 2.60. The van der Waals surface area contributed by atoms with Crippen molar-refractivity contribution in [2.24, 2.45) is 0 Å². The van der Waals surface area contributed by atoms with Gasteiger partial charge in [0.25, 0.3) is 0 Å². The SMILES string of the molecule is CCc1c(NC)ncnc1NCCCCOC. The standard InChI is InChI=1S/C12H22N4O/c1-4-10-11(13-2)15-9-16-12(10)14-7-5-6-8-17-3/h9H,4-8H2,1-3H3,(H2,13,14,15,16). The monoisotopic (exact) mass is 238 g/mol. The Labute approximate surface area is 103 Å². The van der Waals surface area contributed by atoms with Gasteiger partial charge in [0.15, 0.2) is 0 Å². The molecule has 1 heterocycles. The van der Waals surface area contributed by atoms with E-state index in [2.05, 4.69) is 27.5 Å². The maximum absolute atomic E-state index is 5.01. The number of nitrogens with zero attached hydrogens (tertiary/aromatic N) is 2. The number of hydrogen-bond acceptors (Lipinski definition) is 5. The maximum atomic E-state index is 5.01. The zero-order valence-electron chi connectivity index (χ0n) is 10.9. The molecule has 0 aliphatic carbocycles. The molecule has 0 aromatic carbocycles. The molecule has 0 radical (unpaired) electrons. The zero-order valence-corrected chi connectivity index (χ0v) is 10.9. The van der Waals surface area contributed by atoms with Gasteiger partial charge in [0.1, 0.15) is 18.0 Å². The minimum Gasteiger partial charge on any atom is -0.385 e. The van der Waals surface area contributed by atoms with Gasteiger partial charge in [-0.1, -0.05) is 6.92 Å². The molecule has 0 aliphatic rings. The highest BCUT2D eigenvalue weighted by Gasteiger charge is 2.07. The molecule has 0 unspecified atom stereocenters. The first-order valence-electron chi connectivity index (χ1n) is 6.07. The van der Waals surface area contributed by atoms with E-state index in [1.165, 1.54) is 0 Å². The summed E-state index contributed by atoms with van der Waals surface area (Å²) in [5, 5.41) is 6.44. The molecule has 5 nitrogen and oxygen atoms in total. The predicted octanol–water partition coefficient (Wildman–Crippen LogP) is 1.92. The molecule has 0 spiro atoms. The van der Waals surface area contributed by atoms with Crippen LogP contribution < -0.4 is 10.6 Å². The van der Waals surface area contributed by atoms with Gasteiger partial charge in [-0.25, -0.2) is 9.97 Å². The number of unbranched alkanes of at least 4 members (excludes halogenated alkanes) is 1. The Morgan fingerprint density at radius 1 is 1.24 bits per heavy atom. The summed E-state index contributed by atoms with van der Waals surface area (Å²) in [6, 6.07) is 0. The third kappa shape index (κ3) is 4.19. The predicted molar refractivity (Wildman–Crippen MR) is 70.6 cm³/mol. The number of hydrogen-bond donors (Lipinski definition) is 2. The Bertz CT molecular complexity index is 330. The summed E-state index contributed by atoms with van der Waals surface area (Å²) in [6.45, 7) is 3.83. The smallest absolute Gasteiger partial charge is 0.134 e. The molecular formula is C12H22N4O. The van der Waals surface area contributed by atoms with Gasteiger partial charge in [-0.15, -0.1) is 0 Å². The topological polar surface area (TPSA) is 59.1 Å². The minimum atomic E-state index is 0.813. The van der Waals surface area contributed by atoms with Crippen molar-refractivity contribution in [3.8, 4) is 0 Å². The van der Waals surface area contributed by atoms with Gasteiger partial charge >= 0.3 is 0 Å². The molecule has 0 saturated carbocycles. The molecule has 1 rings (SSSR count). The van der Waals surface area contributed by atoms with Crippen LogP contribution in [0.15, 0.2) is 6.33 Å². The van der Waals surface area contributed by atoms with Gasteiger partial charge in [-0.2, -0.15) is 0 Å². The molecule has 5 heteroatoms. The summed E-state index contributed by atoms with van der Waals surface area (Å²) in [7, 11) is 3.61. The van der Waals surface area contributed by atoms with Gasteiger partial charge in [0.05, 0.1) is 0 Å². The van der Waals surface area contributed by atoms with Crippen molar-refractivity contribution in [2.45, 2.75) is 26.2 Å². The molecule has 0 atom stereocenters. The molecule has 0 bridgehead atoms. The van der Waals surface area contributed by atoms with E-state index in [1.807, 2.05) is 7.05 Å². The summed E-state index contributed by atoms with van der Waals surface area (Å²) < 4.78 is 5.01. The van der Waals surface area contributed by atoms with E-state index >= 15 is 0 Å². The van der Waals surface area contributed by atoms with Crippen LogP contribution in [0.4, 0.5) is 11.6 Å². The van der Waals surface area contributed by atoms with E-state index in [0.29, 0.717) is 0 Å². The first-order chi connectivity index (χ1) is 8.33. The Balaban J connectivity index is 2.52. The van der Waals surface area contributed by atoms with Crippen molar-refractivity contribution in [3.05, 3.63) is 11.9 Å². The lowest BCUT2D eigenvalue weighted by molar-refractivity contribution is 0.194. The van der Waals surface area contributed by atoms with Crippen molar-refractivity contribution in [1.29, 1.82) is 0 Å². The van der Waals surface area contributed by atoms with Crippen LogP contribution >= 0.6 is 0 Å². The Kier molecular flexibility index (Phi) is 6.32. The van der Waals surface area contributed by atoms with E-state index in [1.54, 1.807) is 13.4 Å². The van der Waals surface area contributed by atoms with E-state index < -0.39 is 0 Å². The fraction of sp³-hybridized carbons (Fsp3) is 0.667. The highest BCUT2D eigenvalue weighted by Crippen LogP contribution is 2.19. The van der Waals surface area contributed by atoms with Crippen molar-refractivity contribution in [3.63, 3.8) is 0 Å². The maximum Gasteiger partial charge on any atom is 0.134 e. The van der Waals surface area contributed by atoms with Crippen LogP contribution in [0.1, 0.15) is 25.3 Å². The second-order valence-electron chi connectivity index (χ2n) is 3.78. The Morgan fingerprint density at radius 3 is 2.65 bits per heavy atom. The largest absolute Gasteiger partial charge is 0.385 e. The number of anilines is 2. The van der Waals surface area contributed by atoms with Crippen LogP contribution in [-0.4, -0.2) is 37.3 Å². The Hall–Kier alpha value is -1.36. The van der Waals surface area contributed by atoms with Crippen LogP contribution in [0.25, 0.3) is 0 Å². The number of nitrogens with one attached hydrogen (secondary N) is 2. The van der Waals surface area contributed by atoms with Crippen LogP contribution in [0, 0.1) is 0 Å². The average Bonchev–Trinajstić information content (AvgIpc) is 2.38. The number of methoxy groups -OCH3 is 1. The van der Waals surface area contributed by atoms with Gasteiger partial charge in [-0.05, 0) is 19.3 Å². The van der Waals surface area contributed by atoms with Crippen molar-refractivity contribution < 1.29 is 4.74 Å². The minimum absolute atomic E-state index is 0.813. The van der Waals surface area contributed by atoms with Gasteiger partial charge in [-0.3, -0.25) is 0 Å². The van der Waals surface area contributed by atoms with Gasteiger partial charge in [0, 0.05) is 32.9 Å². The molecule has 96 valence electrons. The fourth-order valence-electron chi connectivity index (χ4n) is 1.69. The summed E-state index contributed by atoms with van der Waals surface area (Å²) in [5.74, 6) is 1.84. The van der Waals surface area contributed by atoms with Gasteiger partial charge < -0.3 is 15.4 Å². The van der Waals surface area contributed by atoms with Crippen molar-refractivity contribution in [1.82, 2.24) is 9.97 Å². The normalized spacial score (nSPS) is 10.3. The van der Waals surface area contributed by atoms with E-state index in [0.717, 1.165) is 49.6 Å². The fourth-order valence-corrected chi connectivity index (χ4v) is 1.69. The van der Waals surface area contributed by atoms with Crippen LogP contribution in [0.3, 0.4) is 0 Å². The lowest BCUT2D eigenvalue weighted by Gasteiger charge is -2.12. The number of rotatable bonds is 8. The number of aromatic nitrogens is 2. The first kappa shape index (κ1) is 13.7. The molecular weight excluding hydrogens is 216 g/mol. The van der Waals surface area contributed by atoms with E-state index in [-0.39, 0.29) is 0 Å². The van der Waals surface area contributed by atoms with Gasteiger partial charge in [0.2, 0.25) is 0 Å².